The van der Waals surface area contributed by atoms with Crippen LogP contribution in [-0.2, 0) is 6.42 Å². The number of nitrogens with one attached hydrogen (secondary N) is 1. The van der Waals surface area contributed by atoms with Crippen LogP contribution in [0, 0.1) is 5.92 Å². The van der Waals surface area contributed by atoms with Crippen molar-refractivity contribution in [1.82, 2.24) is 5.32 Å². The molecule has 0 saturated carbocycles. The van der Waals surface area contributed by atoms with Crippen LogP contribution in [0.4, 0.5) is 0 Å². The molecule has 0 heterocycles. The average molecular weight is 244 g/mol. The Bertz CT molecular complexity index is 376. The third-order valence-corrected chi connectivity index (χ3v) is 3.56. The van der Waals surface area contributed by atoms with Gasteiger partial charge in [-0.15, -0.1) is 0 Å². The molecule has 0 amide bonds. The van der Waals surface area contributed by atoms with Crippen molar-refractivity contribution < 1.29 is 0 Å². The van der Waals surface area contributed by atoms with Gasteiger partial charge in [0, 0.05) is 16.1 Å². The first-order valence-corrected chi connectivity index (χ1v) is 6.10. The maximum Gasteiger partial charge on any atom is 0.0471 e. The van der Waals surface area contributed by atoms with E-state index in [1.54, 1.807) is 0 Å². The molecule has 1 N–H and O–H groups in total. The Morgan fingerprint density at radius 2 is 2.13 bits per heavy atom. The first kappa shape index (κ1) is 11.3. The van der Waals surface area contributed by atoms with Gasteiger partial charge in [0.1, 0.15) is 0 Å². The van der Waals surface area contributed by atoms with Crippen molar-refractivity contribution in [3.05, 3.63) is 33.3 Å². The quantitative estimate of drug-likeness (QED) is 0.833. The molecule has 0 saturated heterocycles. The minimum Gasteiger partial charge on any atom is -0.310 e. The van der Waals surface area contributed by atoms with Gasteiger partial charge in [0.05, 0.1) is 0 Å². The van der Waals surface area contributed by atoms with Crippen molar-refractivity contribution >= 4 is 23.2 Å². The highest BCUT2D eigenvalue weighted by Gasteiger charge is 2.30. The van der Waals surface area contributed by atoms with Gasteiger partial charge in [-0.1, -0.05) is 37.0 Å². The number of hydrogen-bond acceptors (Lipinski definition) is 1. The van der Waals surface area contributed by atoms with E-state index in [0.29, 0.717) is 12.0 Å². The Hall–Kier alpha value is -0.240. The lowest BCUT2D eigenvalue weighted by atomic mass is 10.0. The SMILES string of the molecule is CCNC1c2c(Cl)cc(Cl)cc2CC1C. The molecule has 1 aliphatic carbocycles. The Morgan fingerprint density at radius 1 is 1.40 bits per heavy atom. The number of benzene rings is 1. The average Bonchev–Trinajstić information content (AvgIpc) is 2.43. The van der Waals surface area contributed by atoms with Gasteiger partial charge in [0.2, 0.25) is 0 Å². The highest BCUT2D eigenvalue weighted by molar-refractivity contribution is 6.35. The molecule has 0 spiro atoms. The lowest BCUT2D eigenvalue weighted by molar-refractivity contribution is 0.426. The third kappa shape index (κ3) is 2.01. The summed E-state index contributed by atoms with van der Waals surface area (Å²) in [5.74, 6) is 0.593. The number of rotatable bonds is 2. The number of fused-ring (bicyclic) bond motifs is 1. The zero-order valence-electron chi connectivity index (χ0n) is 8.98. The van der Waals surface area contributed by atoms with Gasteiger partial charge < -0.3 is 5.32 Å². The summed E-state index contributed by atoms with van der Waals surface area (Å²) >= 11 is 12.2. The first-order chi connectivity index (χ1) is 7.13. The second kappa shape index (κ2) is 4.32. The molecular weight excluding hydrogens is 229 g/mol. The van der Waals surface area contributed by atoms with Crippen molar-refractivity contribution in [2.45, 2.75) is 26.3 Å². The third-order valence-electron chi connectivity index (χ3n) is 3.03. The summed E-state index contributed by atoms with van der Waals surface area (Å²) in [6.07, 6.45) is 1.06. The summed E-state index contributed by atoms with van der Waals surface area (Å²) in [7, 11) is 0. The molecule has 2 unspecified atom stereocenters. The molecule has 1 aliphatic rings. The molecule has 1 aromatic rings. The van der Waals surface area contributed by atoms with Crippen LogP contribution in [-0.4, -0.2) is 6.54 Å². The second-order valence-electron chi connectivity index (χ2n) is 4.18. The van der Waals surface area contributed by atoms with Crippen LogP contribution in [0.25, 0.3) is 0 Å². The van der Waals surface area contributed by atoms with Crippen LogP contribution in [0.15, 0.2) is 12.1 Å². The van der Waals surface area contributed by atoms with Crippen LogP contribution >= 0.6 is 23.2 Å². The predicted molar refractivity (Wildman–Crippen MR) is 65.7 cm³/mol. The molecule has 2 rings (SSSR count). The minimum atomic E-state index is 0.384. The highest BCUT2D eigenvalue weighted by Crippen LogP contribution is 2.41. The second-order valence-corrected chi connectivity index (χ2v) is 5.02. The zero-order chi connectivity index (χ0) is 11.0. The Kier molecular flexibility index (Phi) is 3.24. The van der Waals surface area contributed by atoms with E-state index >= 15 is 0 Å². The first-order valence-electron chi connectivity index (χ1n) is 5.34. The van der Waals surface area contributed by atoms with E-state index in [1.165, 1.54) is 11.1 Å². The Labute approximate surface area is 101 Å². The standard InChI is InChI=1S/C12H15Cl2N/c1-3-15-12-7(2)4-8-5-9(13)6-10(14)11(8)12/h5-7,12,15H,3-4H2,1-2H3. The molecule has 1 aromatic carbocycles. The van der Waals surface area contributed by atoms with E-state index in [2.05, 4.69) is 19.2 Å². The fourth-order valence-corrected chi connectivity index (χ4v) is 3.08. The van der Waals surface area contributed by atoms with Crippen LogP contribution in [0.2, 0.25) is 10.0 Å². The molecule has 1 nitrogen and oxygen atoms in total. The fourth-order valence-electron chi connectivity index (χ4n) is 2.43. The molecule has 0 bridgehead atoms. The summed E-state index contributed by atoms with van der Waals surface area (Å²) in [4.78, 5) is 0. The lowest BCUT2D eigenvalue weighted by Crippen LogP contribution is -2.23. The van der Waals surface area contributed by atoms with E-state index in [0.717, 1.165) is 23.0 Å². The predicted octanol–water partition coefficient (Wildman–Crippen LogP) is 3.84. The van der Waals surface area contributed by atoms with Gasteiger partial charge in [-0.25, -0.2) is 0 Å². The van der Waals surface area contributed by atoms with Gasteiger partial charge in [-0.2, -0.15) is 0 Å². The Morgan fingerprint density at radius 3 is 2.80 bits per heavy atom. The van der Waals surface area contributed by atoms with Crippen molar-refractivity contribution in [3.8, 4) is 0 Å². The number of hydrogen-bond donors (Lipinski definition) is 1. The molecule has 0 aliphatic heterocycles. The fraction of sp³-hybridized carbons (Fsp3) is 0.500. The normalized spacial score (nSPS) is 24.3. The van der Waals surface area contributed by atoms with Crippen molar-refractivity contribution in [3.63, 3.8) is 0 Å². The molecule has 0 fully saturated rings. The van der Waals surface area contributed by atoms with Gasteiger partial charge in [0.15, 0.2) is 0 Å². The van der Waals surface area contributed by atoms with E-state index in [1.807, 2.05) is 12.1 Å². The molecular formula is C12H15Cl2N. The zero-order valence-corrected chi connectivity index (χ0v) is 10.5. The van der Waals surface area contributed by atoms with Crippen molar-refractivity contribution in [2.24, 2.45) is 5.92 Å². The molecule has 3 heteroatoms. The van der Waals surface area contributed by atoms with Crippen LogP contribution in [0.1, 0.15) is 31.0 Å². The van der Waals surface area contributed by atoms with Crippen LogP contribution < -0.4 is 5.32 Å². The van der Waals surface area contributed by atoms with Gasteiger partial charge in [-0.3, -0.25) is 0 Å². The topological polar surface area (TPSA) is 12.0 Å². The smallest absolute Gasteiger partial charge is 0.0471 e. The van der Waals surface area contributed by atoms with Gasteiger partial charge >= 0.3 is 0 Å². The van der Waals surface area contributed by atoms with Crippen molar-refractivity contribution in [1.29, 1.82) is 0 Å². The minimum absolute atomic E-state index is 0.384. The molecule has 0 aromatic heterocycles. The lowest BCUT2D eigenvalue weighted by Gasteiger charge is -2.18. The summed E-state index contributed by atoms with van der Waals surface area (Å²) in [5.41, 5.74) is 2.54. The number of halogens is 2. The molecule has 15 heavy (non-hydrogen) atoms. The van der Waals surface area contributed by atoms with Crippen LogP contribution in [0.3, 0.4) is 0 Å². The highest BCUT2D eigenvalue weighted by atomic mass is 35.5. The maximum absolute atomic E-state index is 6.25. The van der Waals surface area contributed by atoms with Gasteiger partial charge in [0.25, 0.3) is 0 Å². The monoisotopic (exact) mass is 243 g/mol. The van der Waals surface area contributed by atoms with E-state index in [-0.39, 0.29) is 0 Å². The largest absolute Gasteiger partial charge is 0.310 e. The summed E-state index contributed by atoms with van der Waals surface area (Å²) in [6, 6.07) is 4.26. The molecule has 0 radical (unpaired) electrons. The van der Waals surface area contributed by atoms with Crippen molar-refractivity contribution in [2.75, 3.05) is 6.54 Å². The van der Waals surface area contributed by atoms with Gasteiger partial charge in [-0.05, 0) is 42.1 Å². The van der Waals surface area contributed by atoms with Crippen LogP contribution in [0.5, 0.6) is 0 Å². The Balaban J connectivity index is 2.43. The van der Waals surface area contributed by atoms with E-state index < -0.39 is 0 Å². The molecule has 2 atom stereocenters. The molecule has 82 valence electrons. The summed E-state index contributed by atoms with van der Waals surface area (Å²) in [5, 5.41) is 5.02. The maximum atomic E-state index is 6.25. The summed E-state index contributed by atoms with van der Waals surface area (Å²) in [6.45, 7) is 5.33. The van der Waals surface area contributed by atoms with E-state index in [4.69, 9.17) is 23.2 Å². The van der Waals surface area contributed by atoms with E-state index in [9.17, 15) is 0 Å². The summed E-state index contributed by atoms with van der Waals surface area (Å²) < 4.78 is 0.